The lowest BCUT2D eigenvalue weighted by Crippen LogP contribution is -2.44. The molecule has 1 saturated heterocycles. The van der Waals surface area contributed by atoms with Crippen LogP contribution in [0.4, 0.5) is 5.69 Å². The molecule has 28 heavy (non-hydrogen) atoms. The Labute approximate surface area is 188 Å². The molecule has 0 saturated carbocycles. The number of halogens is 1. The van der Waals surface area contributed by atoms with Crippen LogP contribution in [0.3, 0.4) is 0 Å². The Morgan fingerprint density at radius 3 is 2.50 bits per heavy atom. The second kappa shape index (κ2) is 10.8. The van der Waals surface area contributed by atoms with Crippen LogP contribution in [0.2, 0.25) is 0 Å². The number of aliphatic imine (C=N–C) groups is 1. The molecule has 1 aromatic carbocycles. The molecule has 8 heteroatoms. The van der Waals surface area contributed by atoms with E-state index < -0.39 is 0 Å². The first-order valence-electron chi connectivity index (χ1n) is 9.11. The van der Waals surface area contributed by atoms with Crippen LogP contribution in [-0.2, 0) is 6.54 Å². The highest BCUT2D eigenvalue weighted by Crippen LogP contribution is 2.30. The van der Waals surface area contributed by atoms with Gasteiger partial charge in [-0.1, -0.05) is 0 Å². The first kappa shape index (κ1) is 22.6. The van der Waals surface area contributed by atoms with Crippen molar-refractivity contribution in [3.05, 3.63) is 40.1 Å². The zero-order valence-corrected chi connectivity index (χ0v) is 20.0. The third kappa shape index (κ3) is 5.91. The topological polar surface area (TPSA) is 58.1 Å². The summed E-state index contributed by atoms with van der Waals surface area (Å²) in [5.41, 5.74) is 1.12. The molecule has 3 rings (SSSR count). The van der Waals surface area contributed by atoms with Crippen LogP contribution < -0.4 is 25.0 Å². The molecule has 1 fully saturated rings. The van der Waals surface area contributed by atoms with Crippen molar-refractivity contribution in [3.63, 3.8) is 0 Å². The molecule has 1 unspecified atom stereocenters. The average molecular weight is 516 g/mol. The number of thiophene rings is 1. The molecule has 0 bridgehead atoms. The molecule has 2 N–H and O–H groups in total. The zero-order valence-electron chi connectivity index (χ0n) is 16.8. The number of nitrogens with zero attached hydrogens (tertiary/aromatic N) is 2. The van der Waals surface area contributed by atoms with Crippen LogP contribution in [-0.4, -0.2) is 46.4 Å². The number of rotatable bonds is 6. The predicted octanol–water partition coefficient (Wildman–Crippen LogP) is 3.64. The Balaban J connectivity index is 0.00000280. The van der Waals surface area contributed by atoms with E-state index in [1.165, 1.54) is 9.75 Å². The van der Waals surface area contributed by atoms with Crippen molar-refractivity contribution in [3.8, 4) is 11.5 Å². The summed E-state index contributed by atoms with van der Waals surface area (Å²) in [5.74, 6) is 2.46. The van der Waals surface area contributed by atoms with Gasteiger partial charge in [0.15, 0.2) is 5.96 Å². The van der Waals surface area contributed by atoms with Gasteiger partial charge in [-0.15, -0.1) is 35.3 Å². The van der Waals surface area contributed by atoms with E-state index in [0.29, 0.717) is 6.04 Å². The first-order valence-corrected chi connectivity index (χ1v) is 9.93. The molecular weight excluding hydrogens is 487 g/mol. The Morgan fingerprint density at radius 2 is 1.93 bits per heavy atom. The molecule has 0 radical (unpaired) electrons. The van der Waals surface area contributed by atoms with Gasteiger partial charge in [0.1, 0.15) is 11.5 Å². The van der Waals surface area contributed by atoms with E-state index in [1.54, 1.807) is 14.2 Å². The summed E-state index contributed by atoms with van der Waals surface area (Å²) < 4.78 is 10.8. The number of benzene rings is 1. The molecule has 2 aromatic rings. The number of nitrogens with one attached hydrogen (secondary N) is 2. The minimum atomic E-state index is 0. The molecule has 1 aromatic heterocycles. The van der Waals surface area contributed by atoms with E-state index in [1.807, 2.05) is 24.5 Å². The maximum atomic E-state index is 5.39. The van der Waals surface area contributed by atoms with Crippen molar-refractivity contribution in [1.29, 1.82) is 0 Å². The van der Waals surface area contributed by atoms with Gasteiger partial charge >= 0.3 is 0 Å². The number of hydrogen-bond donors (Lipinski definition) is 2. The summed E-state index contributed by atoms with van der Waals surface area (Å²) in [6, 6.07) is 10.7. The van der Waals surface area contributed by atoms with Crippen molar-refractivity contribution in [2.24, 2.45) is 4.99 Å². The van der Waals surface area contributed by atoms with Crippen LogP contribution >= 0.6 is 35.3 Å². The highest BCUT2D eigenvalue weighted by Gasteiger charge is 2.24. The molecule has 0 aliphatic carbocycles. The summed E-state index contributed by atoms with van der Waals surface area (Å²) in [6.45, 7) is 4.81. The van der Waals surface area contributed by atoms with Crippen LogP contribution in [0.15, 0.2) is 35.3 Å². The number of guanidine groups is 1. The number of anilines is 1. The second-order valence-corrected chi connectivity index (χ2v) is 7.96. The Bertz CT molecular complexity index is 774. The largest absolute Gasteiger partial charge is 0.497 e. The maximum absolute atomic E-state index is 5.39. The molecular formula is C20H29IN4O2S. The normalized spacial score (nSPS) is 16.5. The van der Waals surface area contributed by atoms with E-state index in [0.717, 1.165) is 49.2 Å². The summed E-state index contributed by atoms with van der Waals surface area (Å²) in [7, 11) is 5.17. The average Bonchev–Trinajstić information content (AvgIpc) is 3.33. The highest BCUT2D eigenvalue weighted by molar-refractivity contribution is 14.0. The van der Waals surface area contributed by atoms with Gasteiger partial charge in [-0.3, -0.25) is 4.99 Å². The van der Waals surface area contributed by atoms with Gasteiger partial charge in [-0.05, 0) is 25.5 Å². The monoisotopic (exact) mass is 516 g/mol. The molecule has 1 aliphatic rings. The maximum Gasteiger partial charge on any atom is 0.191 e. The van der Waals surface area contributed by atoms with E-state index in [2.05, 4.69) is 51.7 Å². The van der Waals surface area contributed by atoms with Gasteiger partial charge in [0.25, 0.3) is 0 Å². The van der Waals surface area contributed by atoms with Gasteiger partial charge in [0, 0.05) is 59.8 Å². The lowest BCUT2D eigenvalue weighted by molar-refractivity contribution is 0.394. The van der Waals surface area contributed by atoms with Crippen molar-refractivity contribution in [2.75, 3.05) is 39.3 Å². The lowest BCUT2D eigenvalue weighted by Gasteiger charge is -2.21. The van der Waals surface area contributed by atoms with E-state index >= 15 is 0 Å². The predicted molar refractivity (Wildman–Crippen MR) is 128 cm³/mol. The third-order valence-corrected chi connectivity index (χ3v) is 5.68. The SMILES string of the molecule is CN=C(NCc1ccc(C)s1)NC1CCN(c2cc(OC)cc(OC)c2)C1.I. The number of hydrogen-bond acceptors (Lipinski definition) is 5. The number of aryl methyl sites for hydroxylation is 1. The molecule has 1 aliphatic heterocycles. The number of methoxy groups -OCH3 is 2. The molecule has 1 atom stereocenters. The number of ether oxygens (including phenoxy) is 2. The van der Waals surface area contributed by atoms with Gasteiger partial charge in [-0.25, -0.2) is 0 Å². The second-order valence-electron chi connectivity index (χ2n) is 6.58. The Kier molecular flexibility index (Phi) is 8.68. The fraction of sp³-hybridized carbons (Fsp3) is 0.450. The first-order chi connectivity index (χ1) is 13.1. The zero-order chi connectivity index (χ0) is 19.2. The van der Waals surface area contributed by atoms with Crippen molar-refractivity contribution >= 4 is 47.0 Å². The van der Waals surface area contributed by atoms with Gasteiger partial charge in [0.2, 0.25) is 0 Å². The van der Waals surface area contributed by atoms with Crippen LogP contribution in [0.5, 0.6) is 11.5 Å². The van der Waals surface area contributed by atoms with Crippen LogP contribution in [0.1, 0.15) is 16.2 Å². The summed E-state index contributed by atoms with van der Waals surface area (Å²) in [5, 5.41) is 6.95. The summed E-state index contributed by atoms with van der Waals surface area (Å²) in [4.78, 5) is 9.35. The minimum absolute atomic E-state index is 0. The fourth-order valence-corrected chi connectivity index (χ4v) is 4.06. The van der Waals surface area contributed by atoms with Crippen LogP contribution in [0.25, 0.3) is 0 Å². The molecule has 154 valence electrons. The van der Waals surface area contributed by atoms with Gasteiger partial charge in [0.05, 0.1) is 20.8 Å². The standard InChI is InChI=1S/C20H28N4O2S.HI/c1-14-5-6-19(27-14)12-22-20(21-2)23-15-7-8-24(13-15)16-9-17(25-3)11-18(10-16)26-4;/h5-6,9-11,15H,7-8,12-13H2,1-4H3,(H2,21,22,23);1H. The van der Waals surface area contributed by atoms with Gasteiger partial charge < -0.3 is 25.0 Å². The highest BCUT2D eigenvalue weighted by atomic mass is 127. The van der Waals surface area contributed by atoms with Crippen molar-refractivity contribution in [2.45, 2.75) is 25.9 Å². The smallest absolute Gasteiger partial charge is 0.191 e. The van der Waals surface area contributed by atoms with E-state index in [9.17, 15) is 0 Å². The molecule has 0 spiro atoms. The fourth-order valence-electron chi connectivity index (χ4n) is 3.23. The molecule has 6 nitrogen and oxygen atoms in total. The minimum Gasteiger partial charge on any atom is -0.497 e. The lowest BCUT2D eigenvalue weighted by atomic mass is 10.2. The van der Waals surface area contributed by atoms with E-state index in [-0.39, 0.29) is 24.0 Å². The quantitative estimate of drug-likeness (QED) is 0.349. The Morgan fingerprint density at radius 1 is 1.21 bits per heavy atom. The van der Waals surface area contributed by atoms with Crippen molar-refractivity contribution in [1.82, 2.24) is 10.6 Å². The molecule has 2 heterocycles. The third-order valence-electron chi connectivity index (χ3n) is 4.68. The Hall–Kier alpha value is -1.68. The van der Waals surface area contributed by atoms with Crippen LogP contribution in [0, 0.1) is 6.92 Å². The van der Waals surface area contributed by atoms with Crippen molar-refractivity contribution < 1.29 is 9.47 Å². The summed E-state index contributed by atoms with van der Waals surface area (Å²) in [6.07, 6.45) is 1.05. The van der Waals surface area contributed by atoms with Gasteiger partial charge in [-0.2, -0.15) is 0 Å². The van der Waals surface area contributed by atoms with E-state index in [4.69, 9.17) is 9.47 Å². The molecule has 0 amide bonds. The summed E-state index contributed by atoms with van der Waals surface area (Å²) >= 11 is 1.81.